The maximum atomic E-state index is 5.67. The Balaban J connectivity index is 0.00000121. The zero-order valence-electron chi connectivity index (χ0n) is 12.4. The minimum atomic E-state index is 0. The van der Waals surface area contributed by atoms with Gasteiger partial charge in [-0.1, -0.05) is 12.8 Å². The predicted molar refractivity (Wildman–Crippen MR) is 83.4 cm³/mol. The van der Waals surface area contributed by atoms with Crippen molar-refractivity contribution in [3.8, 4) is 0 Å². The molecule has 3 aliphatic carbocycles. The molecule has 4 fully saturated rings. The first-order valence-electron chi connectivity index (χ1n) is 8.47. The second kappa shape index (κ2) is 6.51. The van der Waals surface area contributed by atoms with Gasteiger partial charge in [0, 0.05) is 24.7 Å². The molecular weight excluding hydrogens is 272 g/mol. The van der Waals surface area contributed by atoms with E-state index < -0.39 is 0 Å². The standard InChI is InChI=1S/C16H28N2O.ClH/c1-2-13(16-10-19-7-6-17-16)14(3-1)18-15-9-11-4-5-12(15)8-11;/h11-18H,1-10H2;1H. The van der Waals surface area contributed by atoms with Gasteiger partial charge in [0.25, 0.3) is 0 Å². The molecule has 116 valence electrons. The molecule has 6 atom stereocenters. The van der Waals surface area contributed by atoms with Gasteiger partial charge in [-0.15, -0.1) is 12.4 Å². The minimum Gasteiger partial charge on any atom is -0.379 e. The Bertz CT molecular complexity index is 322. The van der Waals surface area contributed by atoms with Gasteiger partial charge in [0.1, 0.15) is 0 Å². The number of halogens is 1. The van der Waals surface area contributed by atoms with Crippen molar-refractivity contribution in [1.82, 2.24) is 10.6 Å². The van der Waals surface area contributed by atoms with E-state index in [2.05, 4.69) is 10.6 Å². The molecule has 3 nitrogen and oxygen atoms in total. The molecule has 4 aliphatic rings. The number of ether oxygens (including phenoxy) is 1. The second-order valence-electron chi connectivity index (χ2n) is 7.28. The fourth-order valence-electron chi connectivity index (χ4n) is 5.26. The van der Waals surface area contributed by atoms with Crippen LogP contribution in [0.3, 0.4) is 0 Å². The van der Waals surface area contributed by atoms with Gasteiger partial charge in [-0.25, -0.2) is 0 Å². The van der Waals surface area contributed by atoms with Gasteiger partial charge in [0.2, 0.25) is 0 Å². The van der Waals surface area contributed by atoms with Gasteiger partial charge in [-0.05, 0) is 49.9 Å². The summed E-state index contributed by atoms with van der Waals surface area (Å²) in [5.74, 6) is 2.86. The molecule has 0 amide bonds. The van der Waals surface area contributed by atoms with E-state index in [0.717, 1.165) is 49.6 Å². The third-order valence-corrected chi connectivity index (χ3v) is 6.20. The van der Waals surface area contributed by atoms with Crippen molar-refractivity contribution in [3.63, 3.8) is 0 Å². The van der Waals surface area contributed by atoms with Crippen LogP contribution < -0.4 is 10.6 Å². The lowest BCUT2D eigenvalue weighted by Crippen LogP contribution is -2.53. The lowest BCUT2D eigenvalue weighted by atomic mass is 9.90. The maximum absolute atomic E-state index is 5.67. The highest BCUT2D eigenvalue weighted by molar-refractivity contribution is 5.85. The molecular formula is C16H29ClN2O. The van der Waals surface area contributed by atoms with Gasteiger partial charge >= 0.3 is 0 Å². The molecule has 4 rings (SSSR count). The average molecular weight is 301 g/mol. The van der Waals surface area contributed by atoms with Gasteiger partial charge in [0.15, 0.2) is 0 Å². The summed E-state index contributed by atoms with van der Waals surface area (Å²) >= 11 is 0. The molecule has 0 aromatic carbocycles. The largest absolute Gasteiger partial charge is 0.379 e. The SMILES string of the molecule is C1CC(NC2CC3CCC2C3)C(C2COCCN2)C1.Cl. The summed E-state index contributed by atoms with van der Waals surface area (Å²) in [6.45, 7) is 2.87. The number of hydrogen-bond acceptors (Lipinski definition) is 3. The van der Waals surface area contributed by atoms with Crippen molar-refractivity contribution in [3.05, 3.63) is 0 Å². The minimum absolute atomic E-state index is 0. The molecule has 1 saturated heterocycles. The summed E-state index contributed by atoms with van der Waals surface area (Å²) < 4.78 is 5.67. The molecule has 4 heteroatoms. The van der Waals surface area contributed by atoms with Crippen LogP contribution in [0.5, 0.6) is 0 Å². The molecule has 6 unspecified atom stereocenters. The Kier molecular flexibility index (Phi) is 4.91. The van der Waals surface area contributed by atoms with Crippen LogP contribution in [0, 0.1) is 17.8 Å². The van der Waals surface area contributed by atoms with Gasteiger partial charge in [-0.2, -0.15) is 0 Å². The molecule has 2 bridgehead atoms. The van der Waals surface area contributed by atoms with Crippen molar-refractivity contribution in [2.45, 2.75) is 63.1 Å². The number of fused-ring (bicyclic) bond motifs is 2. The van der Waals surface area contributed by atoms with Gasteiger partial charge in [-0.3, -0.25) is 0 Å². The highest BCUT2D eigenvalue weighted by Crippen LogP contribution is 2.45. The summed E-state index contributed by atoms with van der Waals surface area (Å²) in [6, 6.07) is 2.20. The normalized spacial score (nSPS) is 47.4. The van der Waals surface area contributed by atoms with Crippen LogP contribution in [0.4, 0.5) is 0 Å². The van der Waals surface area contributed by atoms with E-state index in [0.29, 0.717) is 6.04 Å². The van der Waals surface area contributed by atoms with Crippen LogP contribution in [0.1, 0.15) is 44.9 Å². The van der Waals surface area contributed by atoms with Crippen LogP contribution >= 0.6 is 12.4 Å². The fourth-order valence-corrected chi connectivity index (χ4v) is 5.26. The first-order valence-corrected chi connectivity index (χ1v) is 8.47. The number of nitrogens with one attached hydrogen (secondary N) is 2. The lowest BCUT2D eigenvalue weighted by Gasteiger charge is -2.35. The number of morpholine rings is 1. The van der Waals surface area contributed by atoms with Gasteiger partial charge in [0.05, 0.1) is 13.2 Å². The predicted octanol–water partition coefficient (Wildman–Crippen LogP) is 2.34. The van der Waals surface area contributed by atoms with Gasteiger partial charge < -0.3 is 15.4 Å². The monoisotopic (exact) mass is 300 g/mol. The zero-order valence-corrected chi connectivity index (χ0v) is 13.2. The van der Waals surface area contributed by atoms with Crippen LogP contribution in [-0.4, -0.2) is 37.9 Å². The van der Waals surface area contributed by atoms with Crippen molar-refractivity contribution < 1.29 is 4.74 Å². The summed E-state index contributed by atoms with van der Waals surface area (Å²) in [7, 11) is 0. The first-order chi connectivity index (χ1) is 9.40. The average Bonchev–Trinajstić information content (AvgIpc) is 3.16. The Morgan fingerprint density at radius 1 is 1.00 bits per heavy atom. The maximum Gasteiger partial charge on any atom is 0.0623 e. The third kappa shape index (κ3) is 2.87. The molecule has 1 aliphatic heterocycles. The summed E-state index contributed by atoms with van der Waals surface area (Å²) in [5.41, 5.74) is 0. The van der Waals surface area contributed by atoms with E-state index in [1.54, 1.807) is 0 Å². The van der Waals surface area contributed by atoms with E-state index in [1.807, 2.05) is 0 Å². The van der Waals surface area contributed by atoms with E-state index in [4.69, 9.17) is 4.74 Å². The molecule has 1 heterocycles. The fraction of sp³-hybridized carbons (Fsp3) is 1.00. The smallest absolute Gasteiger partial charge is 0.0623 e. The van der Waals surface area contributed by atoms with E-state index in [-0.39, 0.29) is 12.4 Å². The zero-order chi connectivity index (χ0) is 12.7. The van der Waals surface area contributed by atoms with Crippen molar-refractivity contribution in [2.24, 2.45) is 17.8 Å². The summed E-state index contributed by atoms with van der Waals surface area (Å²) in [4.78, 5) is 0. The van der Waals surface area contributed by atoms with E-state index >= 15 is 0 Å². The van der Waals surface area contributed by atoms with E-state index in [1.165, 1.54) is 44.9 Å². The van der Waals surface area contributed by atoms with Crippen LogP contribution in [0.25, 0.3) is 0 Å². The van der Waals surface area contributed by atoms with Crippen LogP contribution in [0.2, 0.25) is 0 Å². The molecule has 0 aromatic rings. The topological polar surface area (TPSA) is 33.3 Å². The third-order valence-electron chi connectivity index (χ3n) is 6.20. The highest BCUT2D eigenvalue weighted by Gasteiger charge is 2.42. The molecule has 3 saturated carbocycles. The quantitative estimate of drug-likeness (QED) is 0.839. The Hall–Kier alpha value is 0.170. The van der Waals surface area contributed by atoms with Crippen molar-refractivity contribution in [1.29, 1.82) is 0 Å². The molecule has 0 radical (unpaired) electrons. The molecule has 0 spiro atoms. The van der Waals surface area contributed by atoms with Crippen molar-refractivity contribution in [2.75, 3.05) is 19.8 Å². The second-order valence-corrected chi connectivity index (χ2v) is 7.28. The molecule has 20 heavy (non-hydrogen) atoms. The summed E-state index contributed by atoms with van der Waals surface area (Å²) in [5, 5.41) is 7.75. The molecule has 2 N–H and O–H groups in total. The van der Waals surface area contributed by atoms with Crippen LogP contribution in [0.15, 0.2) is 0 Å². The van der Waals surface area contributed by atoms with Crippen molar-refractivity contribution >= 4 is 12.4 Å². The lowest BCUT2D eigenvalue weighted by molar-refractivity contribution is 0.0510. The molecule has 0 aromatic heterocycles. The van der Waals surface area contributed by atoms with E-state index in [9.17, 15) is 0 Å². The Labute approximate surface area is 129 Å². The number of hydrogen-bond donors (Lipinski definition) is 2. The first kappa shape index (κ1) is 15.1. The Morgan fingerprint density at radius 2 is 1.95 bits per heavy atom. The Morgan fingerprint density at radius 3 is 2.65 bits per heavy atom. The summed E-state index contributed by atoms with van der Waals surface area (Å²) in [6.07, 6.45) is 10.2. The highest BCUT2D eigenvalue weighted by atomic mass is 35.5. The number of rotatable bonds is 3. The van der Waals surface area contributed by atoms with Crippen LogP contribution in [-0.2, 0) is 4.74 Å².